The van der Waals surface area contributed by atoms with Gasteiger partial charge in [0.25, 0.3) is 0 Å². The van der Waals surface area contributed by atoms with Gasteiger partial charge in [0.2, 0.25) is 0 Å². The maximum atomic E-state index is 13.6. The van der Waals surface area contributed by atoms with E-state index in [-0.39, 0.29) is 36.3 Å². The minimum Gasteiger partial charge on any atom is -0.352 e. The Balaban J connectivity index is 0.00000450. The maximum absolute atomic E-state index is 13.6. The summed E-state index contributed by atoms with van der Waals surface area (Å²) < 4.78 is 36.9. The van der Waals surface area contributed by atoms with Gasteiger partial charge in [-0.3, -0.25) is 4.99 Å². The molecule has 0 radical (unpaired) electrons. The average Bonchev–Trinajstić information content (AvgIpc) is 2.63. The molecule has 0 saturated heterocycles. The lowest BCUT2D eigenvalue weighted by atomic mass is 10.1. The van der Waals surface area contributed by atoms with Gasteiger partial charge >= 0.3 is 0 Å². The number of aliphatic imine (C=N–C) groups is 1. The molecule has 166 valence electrons. The monoisotopic (exact) mass is 548 g/mol. The zero-order valence-corrected chi connectivity index (χ0v) is 20.9. The first kappa shape index (κ1) is 26.3. The van der Waals surface area contributed by atoms with Gasteiger partial charge in [-0.2, -0.15) is 0 Å². The third kappa shape index (κ3) is 9.40. The van der Waals surface area contributed by atoms with E-state index in [9.17, 15) is 12.8 Å². The number of halogens is 2. The summed E-state index contributed by atoms with van der Waals surface area (Å²) in [5, 5.41) is 6.33. The lowest BCUT2D eigenvalue weighted by Crippen LogP contribution is -2.36. The highest BCUT2D eigenvalue weighted by Gasteiger charge is 2.11. The summed E-state index contributed by atoms with van der Waals surface area (Å²) in [6.45, 7) is 1.74. The van der Waals surface area contributed by atoms with Crippen molar-refractivity contribution < 1.29 is 12.8 Å². The van der Waals surface area contributed by atoms with Crippen molar-refractivity contribution in [2.75, 3.05) is 27.4 Å². The number of benzene rings is 2. The van der Waals surface area contributed by atoms with E-state index in [2.05, 4.69) is 44.8 Å². The van der Waals surface area contributed by atoms with Crippen LogP contribution in [-0.2, 0) is 35.2 Å². The van der Waals surface area contributed by atoms with Gasteiger partial charge in [0.15, 0.2) is 15.8 Å². The van der Waals surface area contributed by atoms with Crippen LogP contribution in [-0.4, -0.2) is 46.7 Å². The van der Waals surface area contributed by atoms with Crippen molar-refractivity contribution in [3.8, 4) is 0 Å². The molecule has 0 amide bonds. The normalized spacial score (nSPS) is 11.9. The highest BCUT2D eigenvalue weighted by atomic mass is 127. The molecule has 6 nitrogen and oxygen atoms in total. The molecule has 0 saturated carbocycles. The Morgan fingerprint density at radius 3 is 2.17 bits per heavy atom. The fourth-order valence-corrected chi connectivity index (χ4v) is 3.74. The van der Waals surface area contributed by atoms with Gasteiger partial charge in [-0.25, -0.2) is 12.8 Å². The molecule has 0 heterocycles. The Labute approximate surface area is 195 Å². The third-order valence-corrected chi connectivity index (χ3v) is 5.07. The molecule has 0 aliphatic carbocycles. The van der Waals surface area contributed by atoms with Gasteiger partial charge in [-0.1, -0.05) is 30.3 Å². The summed E-state index contributed by atoms with van der Waals surface area (Å²) in [7, 11) is 2.50. The Hall–Kier alpha value is -1.72. The molecular weight excluding hydrogens is 518 g/mol. The molecule has 2 rings (SSSR count). The smallest absolute Gasteiger partial charge is 0.191 e. The Kier molecular flexibility index (Phi) is 10.7. The van der Waals surface area contributed by atoms with Gasteiger partial charge in [0, 0.05) is 32.9 Å². The highest BCUT2D eigenvalue weighted by molar-refractivity contribution is 14.0. The molecule has 0 spiro atoms. The number of nitrogens with one attached hydrogen (secondary N) is 2. The predicted molar refractivity (Wildman–Crippen MR) is 131 cm³/mol. The van der Waals surface area contributed by atoms with E-state index in [1.54, 1.807) is 7.05 Å². The summed E-state index contributed by atoms with van der Waals surface area (Å²) in [5.74, 6) is 0.0204. The highest BCUT2D eigenvalue weighted by Crippen LogP contribution is 2.14. The maximum Gasteiger partial charge on any atom is 0.191 e. The Bertz CT molecular complexity index is 948. The summed E-state index contributed by atoms with van der Waals surface area (Å²) in [5.41, 5.74) is 3.52. The lowest BCUT2D eigenvalue weighted by molar-refractivity contribution is 0.402. The van der Waals surface area contributed by atoms with Gasteiger partial charge in [-0.15, -0.1) is 24.0 Å². The first-order valence-corrected chi connectivity index (χ1v) is 11.3. The lowest BCUT2D eigenvalue weighted by Gasteiger charge is -2.15. The van der Waals surface area contributed by atoms with Gasteiger partial charge in [0.1, 0.15) is 5.82 Å². The predicted octanol–water partition coefficient (Wildman–Crippen LogP) is 2.92. The van der Waals surface area contributed by atoms with Crippen molar-refractivity contribution in [3.63, 3.8) is 0 Å². The number of guanidine groups is 1. The fraction of sp³-hybridized carbons (Fsp3) is 0.381. The van der Waals surface area contributed by atoms with Crippen LogP contribution in [0.25, 0.3) is 0 Å². The first-order chi connectivity index (χ1) is 13.7. The molecule has 0 atom stereocenters. The Morgan fingerprint density at radius 2 is 1.60 bits per heavy atom. The van der Waals surface area contributed by atoms with Gasteiger partial charge in [-0.05, 0) is 48.5 Å². The van der Waals surface area contributed by atoms with Gasteiger partial charge in [0.05, 0.1) is 5.75 Å². The zero-order chi connectivity index (χ0) is 21.4. The molecule has 9 heteroatoms. The van der Waals surface area contributed by atoms with Crippen LogP contribution in [0.2, 0.25) is 0 Å². The second kappa shape index (κ2) is 12.2. The number of hydrogen-bond acceptors (Lipinski definition) is 4. The molecule has 2 N–H and O–H groups in total. The van der Waals surface area contributed by atoms with Crippen molar-refractivity contribution in [1.82, 2.24) is 15.5 Å². The summed E-state index contributed by atoms with van der Waals surface area (Å²) in [6.07, 6.45) is 1.16. The number of rotatable bonds is 8. The van der Waals surface area contributed by atoms with Crippen LogP contribution in [0.4, 0.5) is 4.39 Å². The quantitative estimate of drug-likeness (QED) is 0.302. The second-order valence-electron chi connectivity index (χ2n) is 7.32. The number of hydrogen-bond donors (Lipinski definition) is 2. The molecule has 0 fully saturated rings. The van der Waals surface area contributed by atoms with E-state index < -0.39 is 15.7 Å². The van der Waals surface area contributed by atoms with Crippen LogP contribution in [0, 0.1) is 5.82 Å². The summed E-state index contributed by atoms with van der Waals surface area (Å²) in [4.78, 5) is 6.29. The van der Waals surface area contributed by atoms with Crippen molar-refractivity contribution in [2.24, 2.45) is 4.99 Å². The molecule has 30 heavy (non-hydrogen) atoms. The second-order valence-corrected chi connectivity index (χ2v) is 9.46. The minimum absolute atomic E-state index is 0. The van der Waals surface area contributed by atoms with E-state index >= 15 is 0 Å². The SMILES string of the molecule is CN=C(NCc1ccc(CN(C)C)cc1)NCc1cc(F)ccc1CS(C)(=O)=O.I. The molecule has 0 unspecified atom stereocenters. The van der Waals surface area contributed by atoms with Crippen molar-refractivity contribution in [3.05, 3.63) is 70.5 Å². The standard InChI is InChI=1S/C21H29FN4O2S.HI/c1-23-21(24-12-16-5-7-17(8-6-16)14-26(2)3)25-13-19-11-20(22)10-9-18(19)15-29(4,27)28;/h5-11H,12-15H2,1-4H3,(H2,23,24,25);1H. The topological polar surface area (TPSA) is 73.8 Å². The van der Waals surface area contributed by atoms with Crippen molar-refractivity contribution in [2.45, 2.75) is 25.4 Å². The van der Waals surface area contributed by atoms with E-state index in [4.69, 9.17) is 0 Å². The van der Waals surface area contributed by atoms with E-state index in [1.807, 2.05) is 14.1 Å². The summed E-state index contributed by atoms with van der Waals surface area (Å²) in [6, 6.07) is 12.5. The van der Waals surface area contributed by atoms with E-state index in [0.29, 0.717) is 23.6 Å². The zero-order valence-electron chi connectivity index (χ0n) is 17.8. The minimum atomic E-state index is -3.21. The number of nitrogens with zero attached hydrogens (tertiary/aromatic N) is 2. The van der Waals surface area contributed by atoms with Crippen LogP contribution in [0.5, 0.6) is 0 Å². The van der Waals surface area contributed by atoms with Crippen LogP contribution in [0.3, 0.4) is 0 Å². The Morgan fingerprint density at radius 1 is 1.00 bits per heavy atom. The average molecular weight is 548 g/mol. The third-order valence-electron chi connectivity index (χ3n) is 4.24. The molecule has 0 bridgehead atoms. The first-order valence-electron chi connectivity index (χ1n) is 9.28. The molecule has 0 aromatic heterocycles. The molecule has 2 aromatic carbocycles. The van der Waals surface area contributed by atoms with Crippen LogP contribution >= 0.6 is 24.0 Å². The van der Waals surface area contributed by atoms with E-state index in [0.717, 1.165) is 18.4 Å². The van der Waals surface area contributed by atoms with Crippen molar-refractivity contribution in [1.29, 1.82) is 0 Å². The summed E-state index contributed by atoms with van der Waals surface area (Å²) >= 11 is 0. The molecule has 2 aromatic rings. The van der Waals surface area contributed by atoms with Crippen LogP contribution < -0.4 is 10.6 Å². The van der Waals surface area contributed by atoms with Crippen LogP contribution in [0.15, 0.2) is 47.5 Å². The van der Waals surface area contributed by atoms with E-state index in [1.165, 1.54) is 23.8 Å². The van der Waals surface area contributed by atoms with Crippen molar-refractivity contribution >= 4 is 39.8 Å². The van der Waals surface area contributed by atoms with Crippen LogP contribution in [0.1, 0.15) is 22.3 Å². The molecular formula is C21H30FIN4O2S. The largest absolute Gasteiger partial charge is 0.352 e. The van der Waals surface area contributed by atoms with Gasteiger partial charge < -0.3 is 15.5 Å². The molecule has 0 aliphatic heterocycles. The number of sulfone groups is 1. The fourth-order valence-electron chi connectivity index (χ4n) is 2.90. The molecule has 0 aliphatic rings.